The maximum atomic E-state index is 12.6. The lowest BCUT2D eigenvalue weighted by molar-refractivity contribution is -0.111. The van der Waals surface area contributed by atoms with Gasteiger partial charge in [0.1, 0.15) is 5.82 Å². The van der Waals surface area contributed by atoms with Crippen molar-refractivity contribution in [3.8, 4) is 0 Å². The molecule has 0 amide bonds. The van der Waals surface area contributed by atoms with E-state index in [1.54, 1.807) is 6.07 Å². The summed E-state index contributed by atoms with van der Waals surface area (Å²) in [7, 11) is 0. The van der Waals surface area contributed by atoms with Crippen molar-refractivity contribution in [3.63, 3.8) is 0 Å². The van der Waals surface area contributed by atoms with Crippen molar-refractivity contribution in [2.24, 2.45) is 0 Å². The number of hydrogen-bond donors (Lipinski definition) is 0. The largest absolute Gasteiger partial charge is 0.281 e. The number of carbonyl (C=O) groups is 1. The zero-order valence-corrected chi connectivity index (χ0v) is 9.03. The Bertz CT molecular complexity index is 327. The lowest BCUT2D eigenvalue weighted by atomic mass is 10.1. The molecule has 1 aromatic carbocycles. The molecule has 0 spiro atoms. The fraction of sp³-hybridized carbons (Fsp3) is 0.222. The molecule has 4 heteroatoms. The summed E-state index contributed by atoms with van der Waals surface area (Å²) in [5, 5.41) is -0.378. The number of hydrogen-bond acceptors (Lipinski definition) is 1. The molecule has 0 aliphatic heterocycles. The highest BCUT2D eigenvalue weighted by molar-refractivity contribution is 9.10. The highest BCUT2D eigenvalue weighted by Crippen LogP contribution is 2.19. The molecule has 1 nitrogen and oxygen atoms in total. The van der Waals surface area contributed by atoms with Crippen molar-refractivity contribution in [2.75, 3.05) is 0 Å². The topological polar surface area (TPSA) is 17.1 Å². The monoisotopic (exact) mass is 264 g/mol. The van der Waals surface area contributed by atoms with E-state index in [1.807, 2.05) is 0 Å². The molecule has 13 heavy (non-hydrogen) atoms. The highest BCUT2D eigenvalue weighted by atomic mass is 79.9. The summed E-state index contributed by atoms with van der Waals surface area (Å²) in [4.78, 5) is 10.5. The molecule has 1 rings (SSSR count). The van der Waals surface area contributed by atoms with Gasteiger partial charge >= 0.3 is 0 Å². The van der Waals surface area contributed by atoms with Crippen LogP contribution < -0.4 is 0 Å². The van der Waals surface area contributed by atoms with Crippen molar-refractivity contribution in [3.05, 3.63) is 34.1 Å². The van der Waals surface area contributed by atoms with E-state index in [9.17, 15) is 9.18 Å². The third-order valence-electron chi connectivity index (χ3n) is 1.61. The second-order valence-electron chi connectivity index (χ2n) is 2.59. The summed E-state index contributed by atoms with van der Waals surface area (Å²) in [6.45, 7) is 0. The van der Waals surface area contributed by atoms with E-state index in [2.05, 4.69) is 15.9 Å². The van der Waals surface area contributed by atoms with Crippen molar-refractivity contribution < 1.29 is 9.18 Å². The van der Waals surface area contributed by atoms with Crippen LogP contribution in [0.25, 0.3) is 0 Å². The molecule has 0 N–H and O–H groups in total. The van der Waals surface area contributed by atoms with E-state index in [4.69, 9.17) is 11.6 Å². The van der Waals surface area contributed by atoms with E-state index in [0.717, 1.165) is 5.56 Å². The molecule has 0 radical (unpaired) electrons. The Morgan fingerprint density at radius 2 is 2.23 bits per heavy atom. The predicted octanol–water partition coefficient (Wildman–Crippen LogP) is 3.29. The Labute approximate surface area is 89.0 Å². The molecule has 0 heterocycles. The van der Waals surface area contributed by atoms with Crippen LogP contribution >= 0.6 is 27.5 Å². The van der Waals surface area contributed by atoms with Gasteiger partial charge in [-0.1, -0.05) is 22.0 Å². The summed E-state index contributed by atoms with van der Waals surface area (Å²) < 4.78 is 13.3. The summed E-state index contributed by atoms with van der Waals surface area (Å²) in [6.07, 6.45) is 0.801. The van der Waals surface area contributed by atoms with E-state index in [-0.39, 0.29) is 17.5 Å². The Hall–Kier alpha value is -0.410. The van der Waals surface area contributed by atoms with Gasteiger partial charge in [0.05, 0.1) is 0 Å². The van der Waals surface area contributed by atoms with Crippen molar-refractivity contribution in [1.29, 1.82) is 0 Å². The van der Waals surface area contributed by atoms with Gasteiger partial charge in [-0.2, -0.15) is 0 Å². The maximum Gasteiger partial charge on any atom is 0.221 e. The Morgan fingerprint density at radius 1 is 1.54 bits per heavy atom. The molecular formula is C9H7BrClFO. The number of halogens is 3. The molecule has 70 valence electrons. The van der Waals surface area contributed by atoms with Crippen LogP contribution in [0.4, 0.5) is 4.39 Å². The molecule has 0 bridgehead atoms. The zero-order valence-electron chi connectivity index (χ0n) is 6.69. The van der Waals surface area contributed by atoms with Gasteiger partial charge in [-0.15, -0.1) is 0 Å². The van der Waals surface area contributed by atoms with Crippen LogP contribution in [-0.2, 0) is 11.2 Å². The first-order valence-corrected chi connectivity index (χ1v) is 4.89. The Kier molecular flexibility index (Phi) is 3.88. The normalized spacial score (nSPS) is 10.1. The smallest absolute Gasteiger partial charge is 0.221 e. The minimum atomic E-state index is -0.378. The second kappa shape index (κ2) is 4.72. The lowest BCUT2D eigenvalue weighted by Gasteiger charge is -2.01. The Balaban J connectivity index is 2.72. The van der Waals surface area contributed by atoms with Gasteiger partial charge < -0.3 is 0 Å². The fourth-order valence-corrected chi connectivity index (χ4v) is 1.60. The molecule has 0 atom stereocenters. The van der Waals surface area contributed by atoms with Crippen LogP contribution in [0.3, 0.4) is 0 Å². The van der Waals surface area contributed by atoms with Crippen LogP contribution in [0, 0.1) is 5.82 Å². The first-order chi connectivity index (χ1) is 6.09. The summed E-state index contributed by atoms with van der Waals surface area (Å²) in [6, 6.07) is 4.37. The van der Waals surface area contributed by atoms with Crippen molar-refractivity contribution in [1.82, 2.24) is 0 Å². The number of carbonyl (C=O) groups excluding carboxylic acids is 1. The van der Waals surface area contributed by atoms with Gasteiger partial charge in [-0.05, 0) is 35.7 Å². The molecule has 1 aromatic rings. The van der Waals surface area contributed by atoms with E-state index >= 15 is 0 Å². The molecule has 0 aromatic heterocycles. The van der Waals surface area contributed by atoms with E-state index in [0.29, 0.717) is 10.9 Å². The third-order valence-corrected chi connectivity index (χ3v) is 2.53. The number of aryl methyl sites for hydroxylation is 1. The van der Waals surface area contributed by atoms with Crippen LogP contribution in [-0.4, -0.2) is 5.24 Å². The number of rotatable bonds is 3. The first kappa shape index (κ1) is 10.7. The van der Waals surface area contributed by atoms with Crippen LogP contribution in [0.5, 0.6) is 0 Å². The van der Waals surface area contributed by atoms with Gasteiger partial charge in [-0.3, -0.25) is 4.79 Å². The van der Waals surface area contributed by atoms with Gasteiger partial charge in [-0.25, -0.2) is 4.39 Å². The summed E-state index contributed by atoms with van der Waals surface area (Å²) in [5.74, 6) is -0.298. The summed E-state index contributed by atoms with van der Waals surface area (Å²) >= 11 is 8.39. The number of benzene rings is 1. The molecule has 0 saturated heterocycles. The average molecular weight is 266 g/mol. The van der Waals surface area contributed by atoms with E-state index in [1.165, 1.54) is 12.1 Å². The van der Waals surface area contributed by atoms with Crippen LogP contribution in [0.1, 0.15) is 12.0 Å². The predicted molar refractivity (Wildman–Crippen MR) is 53.3 cm³/mol. The fourth-order valence-electron chi connectivity index (χ4n) is 0.957. The van der Waals surface area contributed by atoms with Gasteiger partial charge in [0.2, 0.25) is 5.24 Å². The molecule has 0 aliphatic carbocycles. The molecule has 0 fully saturated rings. The first-order valence-electron chi connectivity index (χ1n) is 3.72. The third kappa shape index (κ3) is 3.44. The van der Waals surface area contributed by atoms with Gasteiger partial charge in [0, 0.05) is 10.9 Å². The summed E-state index contributed by atoms with van der Waals surface area (Å²) in [5.41, 5.74) is 0.885. The lowest BCUT2D eigenvalue weighted by Crippen LogP contribution is -1.93. The second-order valence-corrected chi connectivity index (χ2v) is 3.87. The van der Waals surface area contributed by atoms with Gasteiger partial charge in [0.25, 0.3) is 0 Å². The minimum Gasteiger partial charge on any atom is -0.281 e. The van der Waals surface area contributed by atoms with Crippen LogP contribution in [0.2, 0.25) is 0 Å². The molecule has 0 unspecified atom stereocenters. The van der Waals surface area contributed by atoms with Crippen molar-refractivity contribution in [2.45, 2.75) is 12.8 Å². The van der Waals surface area contributed by atoms with Crippen LogP contribution in [0.15, 0.2) is 22.7 Å². The molecule has 0 saturated carbocycles. The molecule has 0 aliphatic rings. The highest BCUT2D eigenvalue weighted by Gasteiger charge is 2.03. The SMILES string of the molecule is O=C(Cl)CCc1ccc(F)cc1Br. The molecular weight excluding hydrogens is 258 g/mol. The zero-order chi connectivity index (χ0) is 9.84. The quantitative estimate of drug-likeness (QED) is 0.767. The Morgan fingerprint density at radius 3 is 2.77 bits per heavy atom. The average Bonchev–Trinajstić information content (AvgIpc) is 2.02. The minimum absolute atomic E-state index is 0.270. The van der Waals surface area contributed by atoms with Gasteiger partial charge in [0.15, 0.2) is 0 Å². The van der Waals surface area contributed by atoms with Crippen molar-refractivity contribution >= 4 is 32.8 Å². The van der Waals surface area contributed by atoms with E-state index < -0.39 is 0 Å². The standard InChI is InChI=1S/C9H7BrClFO/c10-8-5-7(12)3-1-6(8)2-4-9(11)13/h1,3,5H,2,4H2. The maximum absolute atomic E-state index is 12.6.